The second-order valence-electron chi connectivity index (χ2n) is 9.99. The van der Waals surface area contributed by atoms with Gasteiger partial charge in [-0.2, -0.15) is 0 Å². The first kappa shape index (κ1) is 29.7. The van der Waals surface area contributed by atoms with E-state index in [1.54, 1.807) is 0 Å². The number of aryl methyl sites for hydroxylation is 2. The Kier molecular flexibility index (Phi) is 10.3. The minimum atomic E-state index is -0.272. The maximum absolute atomic E-state index is 12.8. The first-order valence-electron chi connectivity index (χ1n) is 12.8. The fourth-order valence-corrected chi connectivity index (χ4v) is 5.59. The number of rotatable bonds is 6. The van der Waals surface area contributed by atoms with Gasteiger partial charge in [0.2, 0.25) is 11.8 Å². The first-order valence-corrected chi connectivity index (χ1v) is 12.8. The minimum absolute atomic E-state index is 0. The van der Waals surface area contributed by atoms with Crippen molar-refractivity contribution in [3.8, 4) is 0 Å². The second-order valence-corrected chi connectivity index (χ2v) is 9.99. The Hall–Kier alpha value is -2.90. The Balaban J connectivity index is 0.00000200. The van der Waals surface area contributed by atoms with Gasteiger partial charge in [0.05, 0.1) is 11.8 Å². The number of fused-ring (bicyclic) bond motifs is 2. The highest BCUT2D eigenvalue weighted by Crippen LogP contribution is 2.33. The zero-order valence-corrected chi connectivity index (χ0v) is 22.9. The lowest BCUT2D eigenvalue weighted by Gasteiger charge is -2.30. The molecule has 0 aliphatic heterocycles. The highest BCUT2D eigenvalue weighted by atomic mass is 35.5. The van der Waals surface area contributed by atoms with Gasteiger partial charge in [-0.1, -0.05) is 72.8 Å². The van der Waals surface area contributed by atoms with Gasteiger partial charge in [-0.25, -0.2) is 0 Å². The van der Waals surface area contributed by atoms with E-state index in [9.17, 15) is 9.59 Å². The van der Waals surface area contributed by atoms with Crippen LogP contribution in [0.15, 0.2) is 72.8 Å². The average Bonchev–Trinajstić information content (AvgIpc) is 2.91. The summed E-state index contributed by atoms with van der Waals surface area (Å²) in [5.41, 5.74) is 19.5. The van der Waals surface area contributed by atoms with Gasteiger partial charge >= 0.3 is 0 Å². The number of nitrogens with one attached hydrogen (secondary N) is 2. The molecular weight excluding hydrogens is 519 g/mol. The van der Waals surface area contributed by atoms with E-state index in [-0.39, 0.29) is 60.5 Å². The van der Waals surface area contributed by atoms with Gasteiger partial charge in [-0.05, 0) is 59.1 Å². The third-order valence-corrected chi connectivity index (χ3v) is 7.77. The normalized spacial score (nSPS) is 21.5. The molecule has 202 valence electrons. The topological polar surface area (TPSA) is 110 Å². The summed E-state index contributed by atoms with van der Waals surface area (Å²) in [6, 6.07) is 23.6. The zero-order chi connectivity index (χ0) is 25.1. The predicted octanol–water partition coefficient (Wildman–Crippen LogP) is 4.29. The lowest BCUT2D eigenvalue weighted by atomic mass is 9.79. The largest absolute Gasteiger partial charge is 0.352 e. The molecule has 0 heterocycles. The van der Waals surface area contributed by atoms with E-state index < -0.39 is 0 Å². The van der Waals surface area contributed by atoms with E-state index in [2.05, 4.69) is 22.8 Å². The Morgan fingerprint density at radius 1 is 0.632 bits per heavy atom. The molecule has 0 bridgehead atoms. The molecule has 2 aliphatic rings. The number of amides is 2. The van der Waals surface area contributed by atoms with Crippen LogP contribution in [0.3, 0.4) is 0 Å². The molecule has 3 aromatic rings. The molecule has 6 nitrogen and oxygen atoms in total. The molecule has 38 heavy (non-hydrogen) atoms. The second kappa shape index (κ2) is 13.3. The first-order chi connectivity index (χ1) is 17.5. The Morgan fingerprint density at radius 2 is 1.00 bits per heavy atom. The van der Waals surface area contributed by atoms with Crippen molar-refractivity contribution in [2.75, 3.05) is 0 Å². The van der Waals surface area contributed by atoms with Crippen molar-refractivity contribution in [2.45, 2.75) is 50.9 Å². The van der Waals surface area contributed by atoms with Crippen LogP contribution in [0.4, 0.5) is 0 Å². The molecule has 0 radical (unpaired) electrons. The fraction of sp³-hybridized carbons (Fsp3) is 0.333. The number of carbonyl (C=O) groups is 2. The molecule has 2 aliphatic carbocycles. The molecule has 5 rings (SSSR count). The lowest BCUT2D eigenvalue weighted by Crippen LogP contribution is -2.39. The lowest BCUT2D eigenvalue weighted by molar-refractivity contribution is -0.127. The summed E-state index contributed by atoms with van der Waals surface area (Å²) < 4.78 is 0. The predicted molar refractivity (Wildman–Crippen MR) is 155 cm³/mol. The highest BCUT2D eigenvalue weighted by molar-refractivity contribution is 5.85. The quantitative estimate of drug-likeness (QED) is 0.364. The van der Waals surface area contributed by atoms with Gasteiger partial charge < -0.3 is 22.1 Å². The third kappa shape index (κ3) is 6.38. The van der Waals surface area contributed by atoms with Crippen LogP contribution in [0.5, 0.6) is 0 Å². The Bertz CT molecular complexity index is 1150. The van der Waals surface area contributed by atoms with E-state index in [0.29, 0.717) is 13.1 Å². The summed E-state index contributed by atoms with van der Waals surface area (Å²) in [6.45, 7) is 0.902. The molecule has 8 heteroatoms. The highest BCUT2D eigenvalue weighted by Gasteiger charge is 2.32. The number of benzene rings is 3. The molecule has 6 N–H and O–H groups in total. The molecule has 0 saturated heterocycles. The number of hydrogen-bond donors (Lipinski definition) is 4. The molecule has 2 amide bonds. The molecule has 4 atom stereocenters. The van der Waals surface area contributed by atoms with Crippen molar-refractivity contribution in [1.29, 1.82) is 0 Å². The van der Waals surface area contributed by atoms with Gasteiger partial charge in [-0.3, -0.25) is 9.59 Å². The van der Waals surface area contributed by atoms with E-state index in [0.717, 1.165) is 47.9 Å². The maximum atomic E-state index is 12.8. The molecule has 2 unspecified atom stereocenters. The third-order valence-electron chi connectivity index (χ3n) is 7.77. The van der Waals surface area contributed by atoms with Crippen molar-refractivity contribution in [3.63, 3.8) is 0 Å². The number of halogens is 2. The summed E-state index contributed by atoms with van der Waals surface area (Å²) in [5, 5.41) is 6.11. The van der Waals surface area contributed by atoms with E-state index >= 15 is 0 Å². The van der Waals surface area contributed by atoms with Gasteiger partial charge in [0.1, 0.15) is 0 Å². The number of hydrogen-bond acceptors (Lipinski definition) is 4. The van der Waals surface area contributed by atoms with E-state index in [1.807, 2.05) is 60.7 Å². The molecule has 3 aromatic carbocycles. The minimum Gasteiger partial charge on any atom is -0.352 e. The monoisotopic (exact) mass is 554 g/mol. The molecule has 0 aromatic heterocycles. The van der Waals surface area contributed by atoms with Crippen LogP contribution in [0.25, 0.3) is 0 Å². The van der Waals surface area contributed by atoms with Crippen LogP contribution in [0.2, 0.25) is 0 Å². The van der Waals surface area contributed by atoms with Gasteiger partial charge in [0, 0.05) is 25.2 Å². The Labute approximate surface area is 236 Å². The maximum Gasteiger partial charge on any atom is 0.225 e. The summed E-state index contributed by atoms with van der Waals surface area (Å²) in [7, 11) is 0. The molecular formula is C30H36Cl2N4O2. The van der Waals surface area contributed by atoms with Crippen LogP contribution in [0.1, 0.15) is 58.3 Å². The van der Waals surface area contributed by atoms with Crippen molar-refractivity contribution in [1.82, 2.24) is 10.6 Å². The summed E-state index contributed by atoms with van der Waals surface area (Å²) in [6.07, 6.45) is 3.28. The van der Waals surface area contributed by atoms with Crippen LogP contribution >= 0.6 is 24.8 Å². The van der Waals surface area contributed by atoms with Crippen LogP contribution < -0.4 is 22.1 Å². The van der Waals surface area contributed by atoms with Crippen molar-refractivity contribution in [3.05, 3.63) is 106 Å². The summed E-state index contributed by atoms with van der Waals surface area (Å²) in [4.78, 5) is 25.7. The zero-order valence-electron chi connectivity index (χ0n) is 21.3. The van der Waals surface area contributed by atoms with E-state index in [1.165, 1.54) is 11.1 Å². The van der Waals surface area contributed by atoms with Crippen molar-refractivity contribution in [2.24, 2.45) is 23.3 Å². The molecule has 0 spiro atoms. The van der Waals surface area contributed by atoms with Gasteiger partial charge in [-0.15, -0.1) is 24.8 Å². The SMILES string of the molecule is Cl.Cl.NC1c2ccccc2CC[C@H]1C(=O)NCc1ccc(CNC(=O)[C@@H]2CCc3ccccc3C2N)cc1. The van der Waals surface area contributed by atoms with Gasteiger partial charge in [0.25, 0.3) is 0 Å². The average molecular weight is 556 g/mol. The van der Waals surface area contributed by atoms with Crippen LogP contribution in [-0.4, -0.2) is 11.8 Å². The Morgan fingerprint density at radius 3 is 1.39 bits per heavy atom. The number of carbonyl (C=O) groups excluding carboxylic acids is 2. The molecule has 0 saturated carbocycles. The van der Waals surface area contributed by atoms with Crippen molar-refractivity contribution >= 4 is 36.6 Å². The standard InChI is InChI=1S/C30H34N4O2.2ClH/c31-27-23-7-3-1-5-21(23)13-15-25(27)29(35)33-17-19-9-11-20(12-10-19)18-34-30(36)26-16-14-22-6-2-4-8-24(22)28(26)32;;/h1-12,25-28H,13-18,31-32H2,(H,33,35)(H,34,36);2*1H/t25-,26-,27?,28?;;/m1../s1. The summed E-state index contributed by atoms with van der Waals surface area (Å²) in [5.74, 6) is -0.433. The smallest absolute Gasteiger partial charge is 0.225 e. The summed E-state index contributed by atoms with van der Waals surface area (Å²) >= 11 is 0. The number of nitrogens with two attached hydrogens (primary N) is 2. The van der Waals surface area contributed by atoms with E-state index in [4.69, 9.17) is 11.5 Å². The van der Waals surface area contributed by atoms with Crippen LogP contribution in [-0.2, 0) is 35.5 Å². The van der Waals surface area contributed by atoms with Gasteiger partial charge in [0.15, 0.2) is 0 Å². The van der Waals surface area contributed by atoms with Crippen LogP contribution in [0, 0.1) is 11.8 Å². The molecule has 0 fully saturated rings. The van der Waals surface area contributed by atoms with Crippen molar-refractivity contribution < 1.29 is 9.59 Å². The fourth-order valence-electron chi connectivity index (χ4n) is 5.59.